The van der Waals surface area contributed by atoms with Gasteiger partial charge in [0, 0.05) is 12.1 Å². The summed E-state index contributed by atoms with van der Waals surface area (Å²) in [6.45, 7) is 2.14. The first-order valence-corrected chi connectivity index (χ1v) is 10.9. The van der Waals surface area contributed by atoms with Crippen molar-refractivity contribution in [1.29, 1.82) is 0 Å². The number of anilines is 1. The molecule has 0 amide bonds. The highest BCUT2D eigenvalue weighted by molar-refractivity contribution is 5.66. The van der Waals surface area contributed by atoms with E-state index in [1.165, 1.54) is 0 Å². The van der Waals surface area contributed by atoms with Crippen molar-refractivity contribution in [3.8, 4) is 23.0 Å². The Labute approximate surface area is 193 Å². The van der Waals surface area contributed by atoms with Gasteiger partial charge in [-0.25, -0.2) is 0 Å². The molecule has 174 valence electrons. The maximum Gasteiger partial charge on any atom is 0.303 e. The quantitative estimate of drug-likeness (QED) is 0.353. The molecule has 7 heteroatoms. The van der Waals surface area contributed by atoms with E-state index in [1.54, 1.807) is 48.5 Å². The molecule has 3 aromatic carbocycles. The molecule has 0 spiro atoms. The summed E-state index contributed by atoms with van der Waals surface area (Å²) in [4.78, 5) is 12.9. The second-order valence-electron chi connectivity index (χ2n) is 7.59. The summed E-state index contributed by atoms with van der Waals surface area (Å²) in [5.41, 5.74) is 2.11. The highest BCUT2D eigenvalue weighted by Gasteiger charge is 2.09. The molecule has 7 nitrogen and oxygen atoms in total. The van der Waals surface area contributed by atoms with Crippen molar-refractivity contribution in [3.05, 3.63) is 78.4 Å². The van der Waals surface area contributed by atoms with Crippen molar-refractivity contribution in [2.24, 2.45) is 0 Å². The molecule has 0 saturated heterocycles. The number of ether oxygens (including phenoxy) is 2. The lowest BCUT2D eigenvalue weighted by Gasteiger charge is -2.25. The third-order valence-corrected chi connectivity index (χ3v) is 5.09. The van der Waals surface area contributed by atoms with E-state index in [9.17, 15) is 15.0 Å². The molecule has 3 rings (SSSR count). The van der Waals surface area contributed by atoms with Crippen LogP contribution in [0.3, 0.4) is 0 Å². The molecule has 0 atom stereocenters. The molecule has 3 N–H and O–H groups in total. The summed E-state index contributed by atoms with van der Waals surface area (Å²) in [6.07, 6.45) is 1.50. The van der Waals surface area contributed by atoms with Crippen LogP contribution in [0.4, 0.5) is 5.69 Å². The van der Waals surface area contributed by atoms with Crippen LogP contribution in [-0.4, -0.2) is 47.6 Å². The maximum atomic E-state index is 10.7. The maximum absolute atomic E-state index is 10.7. The third kappa shape index (κ3) is 8.29. The van der Waals surface area contributed by atoms with E-state index >= 15 is 0 Å². The largest absolute Gasteiger partial charge is 0.508 e. The van der Waals surface area contributed by atoms with Crippen molar-refractivity contribution in [1.82, 2.24) is 0 Å². The number of rotatable bonds is 13. The second kappa shape index (κ2) is 12.2. The first kappa shape index (κ1) is 23.8. The Morgan fingerprint density at radius 2 is 1.21 bits per heavy atom. The van der Waals surface area contributed by atoms with Gasteiger partial charge >= 0.3 is 5.97 Å². The van der Waals surface area contributed by atoms with Gasteiger partial charge in [0.2, 0.25) is 0 Å². The number of phenols is 2. The van der Waals surface area contributed by atoms with Crippen molar-refractivity contribution in [3.63, 3.8) is 0 Å². The summed E-state index contributed by atoms with van der Waals surface area (Å²) in [7, 11) is 0. The van der Waals surface area contributed by atoms with Crippen LogP contribution in [0.15, 0.2) is 72.8 Å². The Hall–Kier alpha value is -3.87. The number of carboxylic acids is 1. The summed E-state index contributed by atoms with van der Waals surface area (Å²) in [5.74, 6) is 0.974. The van der Waals surface area contributed by atoms with Crippen LogP contribution in [0.1, 0.15) is 18.4 Å². The number of hydrogen-bond donors (Lipinski definition) is 3. The summed E-state index contributed by atoms with van der Waals surface area (Å²) < 4.78 is 11.6. The number of benzene rings is 3. The topological polar surface area (TPSA) is 99.5 Å². The van der Waals surface area contributed by atoms with Gasteiger partial charge in [-0.1, -0.05) is 12.1 Å². The number of phenolic OH excluding ortho intramolecular Hbond substituents is 2. The van der Waals surface area contributed by atoms with Crippen LogP contribution in [0.2, 0.25) is 0 Å². The minimum atomic E-state index is -0.778. The number of aryl methyl sites for hydroxylation is 1. The lowest BCUT2D eigenvalue weighted by Crippen LogP contribution is -2.32. The Balaban J connectivity index is 1.58. The first-order valence-electron chi connectivity index (χ1n) is 10.9. The molecule has 0 unspecified atom stereocenters. The monoisotopic (exact) mass is 451 g/mol. The smallest absolute Gasteiger partial charge is 0.303 e. The summed E-state index contributed by atoms with van der Waals surface area (Å²) in [6, 6.07) is 21.3. The molecule has 0 radical (unpaired) electrons. The van der Waals surface area contributed by atoms with E-state index < -0.39 is 5.97 Å². The number of aromatic hydroxyl groups is 2. The van der Waals surface area contributed by atoms with Crippen molar-refractivity contribution in [2.45, 2.75) is 19.3 Å². The van der Waals surface area contributed by atoms with Crippen molar-refractivity contribution >= 4 is 11.7 Å². The van der Waals surface area contributed by atoms with Crippen molar-refractivity contribution in [2.75, 3.05) is 31.2 Å². The summed E-state index contributed by atoms with van der Waals surface area (Å²) >= 11 is 0. The normalized spacial score (nSPS) is 10.5. The van der Waals surface area contributed by atoms with Gasteiger partial charge in [0.1, 0.15) is 36.2 Å². The van der Waals surface area contributed by atoms with Crippen LogP contribution < -0.4 is 14.4 Å². The Morgan fingerprint density at radius 3 is 1.67 bits per heavy atom. The number of hydrogen-bond acceptors (Lipinski definition) is 6. The summed E-state index contributed by atoms with van der Waals surface area (Å²) in [5, 5.41) is 27.6. The fraction of sp³-hybridized carbons (Fsp3) is 0.269. The highest BCUT2D eigenvalue weighted by Crippen LogP contribution is 2.20. The van der Waals surface area contributed by atoms with Gasteiger partial charge in [-0.2, -0.15) is 0 Å². The van der Waals surface area contributed by atoms with Gasteiger partial charge in [0.25, 0.3) is 0 Å². The van der Waals surface area contributed by atoms with Crippen LogP contribution in [0.25, 0.3) is 0 Å². The minimum Gasteiger partial charge on any atom is -0.508 e. The fourth-order valence-electron chi connectivity index (χ4n) is 3.32. The molecule has 0 aliphatic carbocycles. The number of aliphatic carboxylic acids is 1. The van der Waals surface area contributed by atoms with Gasteiger partial charge in [0.15, 0.2) is 0 Å². The van der Waals surface area contributed by atoms with Gasteiger partial charge < -0.3 is 29.7 Å². The molecule has 0 saturated carbocycles. The molecule has 0 aliphatic heterocycles. The average molecular weight is 452 g/mol. The molecule has 0 bridgehead atoms. The van der Waals surface area contributed by atoms with E-state index in [0.717, 1.165) is 17.7 Å². The van der Waals surface area contributed by atoms with E-state index in [0.29, 0.717) is 44.2 Å². The SMILES string of the molecule is O=C(O)CCCc1ccc(N(CCOc2ccc(O)cc2)CCOc2ccc(O)cc2)cc1. The highest BCUT2D eigenvalue weighted by atomic mass is 16.5. The lowest BCUT2D eigenvalue weighted by molar-refractivity contribution is -0.137. The predicted octanol–water partition coefficient (Wildman–Crippen LogP) is 4.47. The first-order chi connectivity index (χ1) is 16.0. The molecule has 0 fully saturated rings. The molecule has 0 heterocycles. The zero-order valence-electron chi connectivity index (χ0n) is 18.4. The van der Waals surface area contributed by atoms with Gasteiger partial charge in [0.05, 0.1) is 13.1 Å². The molecule has 0 aliphatic rings. The van der Waals surface area contributed by atoms with Crippen LogP contribution >= 0.6 is 0 Å². The Morgan fingerprint density at radius 1 is 0.727 bits per heavy atom. The Kier molecular flexibility index (Phi) is 8.82. The molecule has 33 heavy (non-hydrogen) atoms. The van der Waals surface area contributed by atoms with Gasteiger partial charge in [-0.05, 0) is 79.1 Å². The van der Waals surface area contributed by atoms with E-state index in [4.69, 9.17) is 14.6 Å². The molecular formula is C26H29NO6. The zero-order valence-corrected chi connectivity index (χ0v) is 18.4. The zero-order chi connectivity index (χ0) is 23.5. The van der Waals surface area contributed by atoms with E-state index in [-0.39, 0.29) is 17.9 Å². The minimum absolute atomic E-state index is 0.164. The standard InChI is InChI=1S/C26H29NO6/c28-22-8-12-24(13-9-22)32-18-16-27(17-19-33-25-14-10-23(29)11-15-25)21-6-4-20(5-7-21)2-1-3-26(30)31/h4-15,28-29H,1-3,16-19H2,(H,30,31). The Bertz CT molecular complexity index is 935. The second-order valence-corrected chi connectivity index (χ2v) is 7.59. The fourth-order valence-corrected chi connectivity index (χ4v) is 3.32. The van der Waals surface area contributed by atoms with Crippen LogP contribution in [-0.2, 0) is 11.2 Å². The molecule has 3 aromatic rings. The van der Waals surface area contributed by atoms with E-state index in [1.807, 2.05) is 24.3 Å². The predicted molar refractivity (Wildman–Crippen MR) is 126 cm³/mol. The van der Waals surface area contributed by atoms with Crippen molar-refractivity contribution < 1.29 is 29.6 Å². The molecular weight excluding hydrogens is 422 g/mol. The average Bonchev–Trinajstić information content (AvgIpc) is 2.81. The number of carbonyl (C=O) groups is 1. The third-order valence-electron chi connectivity index (χ3n) is 5.09. The number of carboxylic acid groups (broad SMARTS) is 1. The van der Waals surface area contributed by atoms with Crippen LogP contribution in [0, 0.1) is 0 Å². The van der Waals surface area contributed by atoms with Crippen LogP contribution in [0.5, 0.6) is 23.0 Å². The lowest BCUT2D eigenvalue weighted by atomic mass is 10.1. The van der Waals surface area contributed by atoms with Gasteiger partial charge in [-0.3, -0.25) is 4.79 Å². The number of nitrogens with zero attached hydrogens (tertiary/aromatic N) is 1. The van der Waals surface area contributed by atoms with E-state index in [2.05, 4.69) is 4.90 Å². The molecule has 0 aromatic heterocycles. The van der Waals surface area contributed by atoms with Gasteiger partial charge in [-0.15, -0.1) is 0 Å².